The van der Waals surface area contributed by atoms with E-state index in [2.05, 4.69) is 146 Å². The molecule has 2 nitrogen and oxygen atoms in total. The number of benzene rings is 4. The van der Waals surface area contributed by atoms with Gasteiger partial charge in [0.25, 0.3) is 0 Å². The van der Waals surface area contributed by atoms with Gasteiger partial charge >= 0.3 is 0 Å². The normalized spacial score (nSPS) is 11.2. The topological polar surface area (TPSA) is 9.86 Å². The SMILES string of the molecule is C#Cc1ccc2c(c1)c1cc(C#C)ccc1n2C.Cn1c2ccc(C#C[Si](C)(C)C)cc2c2cc(C#C[Si](C)(C)C)ccc21. The lowest BCUT2D eigenvalue weighted by Gasteiger charge is -2.03. The minimum absolute atomic E-state index is 0.890. The van der Waals surface area contributed by atoms with Gasteiger partial charge in [-0.3, -0.25) is 0 Å². The van der Waals surface area contributed by atoms with Crippen molar-refractivity contribution >= 4 is 59.8 Å². The summed E-state index contributed by atoms with van der Waals surface area (Å²) in [6, 6.07) is 25.2. The van der Waals surface area contributed by atoms with Gasteiger partial charge in [0.2, 0.25) is 0 Å². The number of hydrogen-bond donors (Lipinski definition) is 0. The molecule has 6 rings (SSSR count). The van der Waals surface area contributed by atoms with Gasteiger partial charge in [-0.25, -0.2) is 0 Å². The number of rotatable bonds is 0. The average molecular weight is 603 g/mol. The predicted octanol–water partition coefficient (Wildman–Crippen LogP) is 9.08. The van der Waals surface area contributed by atoms with Gasteiger partial charge in [0.05, 0.1) is 0 Å². The van der Waals surface area contributed by atoms with Crippen molar-refractivity contribution in [1.82, 2.24) is 9.13 Å². The molecule has 2 aromatic heterocycles. The molecular weight excluding hydrogens is 565 g/mol. The Labute approximate surface area is 264 Å². The minimum atomic E-state index is -1.37. The van der Waals surface area contributed by atoms with Crippen molar-refractivity contribution < 1.29 is 0 Å². The van der Waals surface area contributed by atoms with E-state index in [0.29, 0.717) is 0 Å². The smallest absolute Gasteiger partial charge is 0.129 e. The van der Waals surface area contributed by atoms with E-state index in [4.69, 9.17) is 12.8 Å². The summed E-state index contributed by atoms with van der Waals surface area (Å²) in [5.74, 6) is 12.1. The fourth-order valence-electron chi connectivity index (χ4n) is 5.29. The fraction of sp³-hybridized carbons (Fsp3) is 0.200. The first-order chi connectivity index (χ1) is 20.8. The van der Waals surface area contributed by atoms with E-state index in [0.717, 1.165) is 44.1 Å². The van der Waals surface area contributed by atoms with E-state index >= 15 is 0 Å². The number of aromatic nitrogens is 2. The summed E-state index contributed by atoms with van der Waals surface area (Å²) in [7, 11) is 1.43. The zero-order valence-electron chi connectivity index (χ0n) is 27.0. The van der Waals surface area contributed by atoms with Gasteiger partial charge in [-0.15, -0.1) is 23.9 Å². The third-order valence-corrected chi connectivity index (χ3v) is 9.26. The molecule has 0 saturated heterocycles. The third-order valence-electron chi connectivity index (χ3n) is 7.51. The van der Waals surface area contributed by atoms with Crippen LogP contribution in [0.2, 0.25) is 39.3 Å². The number of nitrogens with zero attached hydrogens (tertiary/aromatic N) is 2. The molecule has 4 aromatic carbocycles. The van der Waals surface area contributed by atoms with Crippen LogP contribution in [0.1, 0.15) is 22.3 Å². The maximum absolute atomic E-state index is 5.46. The van der Waals surface area contributed by atoms with Gasteiger partial charge < -0.3 is 9.13 Å². The molecule has 0 atom stereocenters. The van der Waals surface area contributed by atoms with Gasteiger partial charge in [-0.1, -0.05) is 63.0 Å². The van der Waals surface area contributed by atoms with Crippen molar-refractivity contribution in [3.05, 3.63) is 95.1 Å². The van der Waals surface area contributed by atoms with Crippen LogP contribution in [-0.2, 0) is 14.1 Å². The van der Waals surface area contributed by atoms with Gasteiger partial charge in [-0.05, 0) is 72.8 Å². The molecule has 0 amide bonds. The fourth-order valence-corrected chi connectivity index (χ4v) is 6.33. The van der Waals surface area contributed by atoms with Crippen molar-refractivity contribution in [3.63, 3.8) is 0 Å². The van der Waals surface area contributed by atoms with E-state index in [1.54, 1.807) is 0 Å². The molecule has 0 unspecified atom stereocenters. The second-order valence-corrected chi connectivity index (χ2v) is 22.8. The van der Waals surface area contributed by atoms with E-state index in [-0.39, 0.29) is 0 Å². The van der Waals surface area contributed by atoms with Crippen LogP contribution in [-0.4, -0.2) is 25.3 Å². The third kappa shape index (κ3) is 6.39. The lowest BCUT2D eigenvalue weighted by Crippen LogP contribution is -2.16. The van der Waals surface area contributed by atoms with Crippen molar-refractivity contribution in [2.45, 2.75) is 39.3 Å². The maximum Gasteiger partial charge on any atom is 0.129 e. The maximum atomic E-state index is 5.46. The lowest BCUT2D eigenvalue weighted by molar-refractivity contribution is 1.01. The highest BCUT2D eigenvalue weighted by Gasteiger charge is 2.12. The molecule has 0 saturated carbocycles. The first-order valence-electron chi connectivity index (χ1n) is 14.8. The molecule has 4 heteroatoms. The minimum Gasteiger partial charge on any atom is -0.344 e. The molecule has 0 aliphatic carbocycles. The number of fused-ring (bicyclic) bond motifs is 6. The molecule has 2 heterocycles. The molecule has 0 spiro atoms. The highest BCUT2D eigenvalue weighted by Crippen LogP contribution is 2.31. The molecule has 0 fully saturated rings. The highest BCUT2D eigenvalue weighted by atomic mass is 28.3. The highest BCUT2D eigenvalue weighted by molar-refractivity contribution is 6.84. The molecule has 0 bridgehead atoms. The van der Waals surface area contributed by atoms with E-state index in [1.165, 1.54) is 21.8 Å². The molecule has 0 N–H and O–H groups in total. The average Bonchev–Trinajstić information content (AvgIpc) is 3.43. The zero-order valence-corrected chi connectivity index (χ0v) is 29.0. The van der Waals surface area contributed by atoms with Crippen LogP contribution in [0.3, 0.4) is 0 Å². The Morgan fingerprint density at radius 2 is 0.727 bits per heavy atom. The largest absolute Gasteiger partial charge is 0.344 e. The van der Waals surface area contributed by atoms with Gasteiger partial charge in [0.15, 0.2) is 0 Å². The predicted molar refractivity (Wildman–Crippen MR) is 197 cm³/mol. The van der Waals surface area contributed by atoms with Crippen molar-refractivity contribution in [3.8, 4) is 47.6 Å². The van der Waals surface area contributed by atoms with Crippen molar-refractivity contribution in [2.75, 3.05) is 0 Å². The summed E-state index contributed by atoms with van der Waals surface area (Å²) in [5.41, 5.74) is 15.7. The Morgan fingerprint density at radius 3 is 1.00 bits per heavy atom. The lowest BCUT2D eigenvalue weighted by atomic mass is 10.1. The quantitative estimate of drug-likeness (QED) is 0.121. The summed E-state index contributed by atoms with van der Waals surface area (Å²) < 4.78 is 4.42. The Morgan fingerprint density at radius 1 is 0.455 bits per heavy atom. The summed E-state index contributed by atoms with van der Waals surface area (Å²) >= 11 is 0. The monoisotopic (exact) mass is 602 g/mol. The van der Waals surface area contributed by atoms with Crippen LogP contribution in [0, 0.1) is 47.6 Å². The Bertz CT molecular complexity index is 2140. The van der Waals surface area contributed by atoms with Gasteiger partial charge in [-0.2, -0.15) is 0 Å². The molecule has 6 aromatic rings. The number of aryl methyl sites for hydroxylation is 2. The molecular formula is C40H38N2Si2. The second-order valence-electron chi connectivity index (χ2n) is 13.3. The summed E-state index contributed by atoms with van der Waals surface area (Å²) in [5, 5.41) is 4.84. The van der Waals surface area contributed by atoms with E-state index in [1.807, 2.05) is 24.3 Å². The zero-order chi connectivity index (χ0) is 31.8. The van der Waals surface area contributed by atoms with E-state index in [9.17, 15) is 0 Å². The second kappa shape index (κ2) is 11.7. The van der Waals surface area contributed by atoms with Crippen LogP contribution in [0.5, 0.6) is 0 Å². The summed E-state index contributed by atoms with van der Waals surface area (Å²) in [6.45, 7) is 13.7. The summed E-state index contributed by atoms with van der Waals surface area (Å²) in [6.07, 6.45) is 10.9. The standard InChI is InChI=1S/C23H27NSi2.C17H11N/c1-24-22-10-8-18(12-14-25(2,3)4)16-20(22)21-17-19(9-11-23(21)24)13-15-26(5,6)7;1-4-12-6-8-16-14(10-12)15-11-13(5-2)7-9-17(15)18(16)3/h8-11,16-17H,1-7H3;1-2,6-11H,3H3. The first-order valence-corrected chi connectivity index (χ1v) is 21.8. The van der Waals surface area contributed by atoms with Crippen LogP contribution in [0.15, 0.2) is 72.8 Å². The Hall–Kier alpha value is -4.85. The van der Waals surface area contributed by atoms with Crippen molar-refractivity contribution in [1.29, 1.82) is 0 Å². The number of terminal acetylenes is 2. The van der Waals surface area contributed by atoms with Crippen LogP contribution in [0.4, 0.5) is 0 Å². The van der Waals surface area contributed by atoms with Crippen molar-refractivity contribution in [2.24, 2.45) is 14.1 Å². The molecule has 0 radical (unpaired) electrons. The van der Waals surface area contributed by atoms with E-state index < -0.39 is 16.1 Å². The summed E-state index contributed by atoms with van der Waals surface area (Å²) in [4.78, 5) is 0. The van der Waals surface area contributed by atoms with Crippen LogP contribution in [0.25, 0.3) is 43.6 Å². The van der Waals surface area contributed by atoms with Gasteiger partial charge in [0.1, 0.15) is 16.1 Å². The van der Waals surface area contributed by atoms with Crippen LogP contribution >= 0.6 is 0 Å². The van der Waals surface area contributed by atoms with Gasteiger partial charge in [0, 0.05) is 80.0 Å². The molecule has 0 aliphatic heterocycles. The molecule has 216 valence electrons. The Kier molecular flexibility index (Phi) is 8.12. The number of hydrogen-bond acceptors (Lipinski definition) is 0. The van der Waals surface area contributed by atoms with Crippen LogP contribution < -0.4 is 0 Å². The molecule has 0 aliphatic rings. The first kappa shape index (κ1) is 30.6. The molecule has 44 heavy (non-hydrogen) atoms. The Balaban J connectivity index is 0.000000186.